The van der Waals surface area contributed by atoms with Crippen molar-refractivity contribution in [2.45, 2.75) is 31.3 Å². The molecule has 0 aromatic heterocycles. The van der Waals surface area contributed by atoms with Gasteiger partial charge in [-0.05, 0) is 47.4 Å². The van der Waals surface area contributed by atoms with Gasteiger partial charge in [-0.15, -0.1) is 0 Å². The summed E-state index contributed by atoms with van der Waals surface area (Å²) in [5.74, 6) is -0.0762. The van der Waals surface area contributed by atoms with Crippen LogP contribution < -0.4 is 4.72 Å². The van der Waals surface area contributed by atoms with Crippen molar-refractivity contribution in [3.05, 3.63) is 95.6 Å². The van der Waals surface area contributed by atoms with Crippen LogP contribution in [0.3, 0.4) is 0 Å². The van der Waals surface area contributed by atoms with Crippen LogP contribution in [0.25, 0.3) is 0 Å². The first kappa shape index (κ1) is 20.6. The van der Waals surface area contributed by atoms with E-state index < -0.39 is 16.0 Å². The molecule has 0 spiro atoms. The Labute approximate surface area is 171 Å². The van der Waals surface area contributed by atoms with Gasteiger partial charge in [0.2, 0.25) is 0 Å². The van der Waals surface area contributed by atoms with Crippen molar-refractivity contribution >= 4 is 21.7 Å². The Morgan fingerprint density at radius 1 is 0.931 bits per heavy atom. The minimum atomic E-state index is -3.72. The van der Waals surface area contributed by atoms with Crippen molar-refractivity contribution in [3.63, 3.8) is 0 Å². The predicted molar refractivity (Wildman–Crippen MR) is 113 cm³/mol. The summed E-state index contributed by atoms with van der Waals surface area (Å²) in [6.07, 6.45) is 0. The smallest absolute Gasteiger partial charge is 0.338 e. The number of hydrogen-bond acceptors (Lipinski definition) is 4. The average Bonchev–Trinajstić information content (AvgIpc) is 2.73. The lowest BCUT2D eigenvalue weighted by atomic mass is 10.0. The van der Waals surface area contributed by atoms with Crippen LogP contribution in [0.1, 0.15) is 41.3 Å². The number of carbonyl (C=O) groups excluding carboxylic acids is 1. The second kappa shape index (κ2) is 8.92. The Morgan fingerprint density at radius 2 is 1.62 bits per heavy atom. The number of rotatable bonds is 7. The zero-order chi connectivity index (χ0) is 20.9. The van der Waals surface area contributed by atoms with Crippen LogP contribution in [0.15, 0.2) is 83.8 Å². The summed E-state index contributed by atoms with van der Waals surface area (Å²) in [5.41, 5.74) is 2.68. The molecule has 150 valence electrons. The van der Waals surface area contributed by atoms with Gasteiger partial charge in [-0.3, -0.25) is 4.72 Å². The summed E-state index contributed by atoms with van der Waals surface area (Å²) in [6, 6.07) is 22.2. The van der Waals surface area contributed by atoms with Crippen molar-refractivity contribution in [1.82, 2.24) is 0 Å². The summed E-state index contributed by atoms with van der Waals surface area (Å²) in [5, 5.41) is 0. The molecule has 0 saturated carbocycles. The maximum absolute atomic E-state index is 12.4. The van der Waals surface area contributed by atoms with Gasteiger partial charge in [0.15, 0.2) is 0 Å². The quantitative estimate of drug-likeness (QED) is 0.559. The molecule has 3 aromatic carbocycles. The first-order valence-electron chi connectivity index (χ1n) is 9.29. The van der Waals surface area contributed by atoms with Gasteiger partial charge in [0.25, 0.3) is 10.0 Å². The third kappa shape index (κ3) is 5.45. The van der Waals surface area contributed by atoms with Crippen LogP contribution in [0, 0.1) is 0 Å². The fraction of sp³-hybridized carbons (Fsp3) is 0.174. The van der Waals surface area contributed by atoms with Gasteiger partial charge in [0.05, 0.1) is 10.5 Å². The second-order valence-corrected chi connectivity index (χ2v) is 8.65. The van der Waals surface area contributed by atoms with E-state index in [9.17, 15) is 13.2 Å². The summed E-state index contributed by atoms with van der Waals surface area (Å²) in [7, 11) is -3.72. The van der Waals surface area contributed by atoms with Crippen LogP contribution in [-0.2, 0) is 21.4 Å². The normalized spacial score (nSPS) is 11.3. The molecule has 0 amide bonds. The molecule has 3 aromatic rings. The highest BCUT2D eigenvalue weighted by molar-refractivity contribution is 7.92. The fourth-order valence-corrected chi connectivity index (χ4v) is 3.82. The number of ether oxygens (including phenoxy) is 1. The minimum Gasteiger partial charge on any atom is -0.457 e. The second-order valence-electron chi connectivity index (χ2n) is 6.97. The molecule has 6 heteroatoms. The molecule has 0 aliphatic heterocycles. The van der Waals surface area contributed by atoms with E-state index in [-0.39, 0.29) is 17.1 Å². The maximum Gasteiger partial charge on any atom is 0.338 e. The van der Waals surface area contributed by atoms with Gasteiger partial charge < -0.3 is 4.74 Å². The van der Waals surface area contributed by atoms with Crippen LogP contribution in [-0.4, -0.2) is 14.4 Å². The van der Waals surface area contributed by atoms with Crippen LogP contribution >= 0.6 is 0 Å². The molecule has 0 bridgehead atoms. The highest BCUT2D eigenvalue weighted by atomic mass is 32.2. The summed E-state index contributed by atoms with van der Waals surface area (Å²) >= 11 is 0. The monoisotopic (exact) mass is 409 g/mol. The Hall–Kier alpha value is -3.12. The Kier molecular flexibility index (Phi) is 6.34. The lowest BCUT2D eigenvalue weighted by Gasteiger charge is -2.10. The molecule has 0 radical (unpaired) electrons. The van der Waals surface area contributed by atoms with Gasteiger partial charge in [0.1, 0.15) is 6.61 Å². The Balaban J connectivity index is 1.66. The van der Waals surface area contributed by atoms with Crippen LogP contribution in [0.4, 0.5) is 5.69 Å². The van der Waals surface area contributed by atoms with E-state index in [0.717, 1.165) is 5.56 Å². The predicted octanol–water partition coefficient (Wildman–Crippen LogP) is 4.97. The highest BCUT2D eigenvalue weighted by Gasteiger charge is 2.15. The SMILES string of the molecule is CC(C)c1ccc(COC(=O)c2cccc(NS(=O)(=O)c3ccccc3)c2)cc1. The van der Waals surface area contributed by atoms with Gasteiger partial charge in [-0.1, -0.05) is 62.4 Å². The van der Waals surface area contributed by atoms with Crippen molar-refractivity contribution in [2.24, 2.45) is 0 Å². The zero-order valence-electron chi connectivity index (χ0n) is 16.3. The average molecular weight is 410 g/mol. The molecule has 0 heterocycles. The number of sulfonamides is 1. The number of anilines is 1. The fourth-order valence-electron chi connectivity index (χ4n) is 2.75. The molecule has 0 aliphatic rings. The number of benzene rings is 3. The molecule has 3 rings (SSSR count). The molecular weight excluding hydrogens is 386 g/mol. The molecule has 0 unspecified atom stereocenters. The Morgan fingerprint density at radius 3 is 2.28 bits per heavy atom. The number of nitrogens with one attached hydrogen (secondary N) is 1. The zero-order valence-corrected chi connectivity index (χ0v) is 17.1. The van der Waals surface area contributed by atoms with Crippen molar-refractivity contribution in [1.29, 1.82) is 0 Å². The van der Waals surface area contributed by atoms with Crippen molar-refractivity contribution in [3.8, 4) is 0 Å². The molecule has 1 N–H and O–H groups in total. The van der Waals surface area contributed by atoms with Crippen LogP contribution in [0.2, 0.25) is 0 Å². The minimum absolute atomic E-state index is 0.150. The molecular formula is C23H23NO4S. The highest BCUT2D eigenvalue weighted by Crippen LogP contribution is 2.19. The van der Waals surface area contributed by atoms with E-state index >= 15 is 0 Å². The van der Waals surface area contributed by atoms with Crippen LogP contribution in [0.5, 0.6) is 0 Å². The maximum atomic E-state index is 12.4. The number of hydrogen-bond donors (Lipinski definition) is 1. The number of esters is 1. The molecule has 0 aliphatic carbocycles. The van der Waals surface area contributed by atoms with E-state index in [1.54, 1.807) is 36.4 Å². The van der Waals surface area contributed by atoms with Gasteiger partial charge >= 0.3 is 5.97 Å². The lowest BCUT2D eigenvalue weighted by Crippen LogP contribution is -2.13. The van der Waals surface area contributed by atoms with Gasteiger partial charge in [0, 0.05) is 5.69 Å². The van der Waals surface area contributed by atoms with E-state index in [2.05, 4.69) is 18.6 Å². The Bertz CT molecular complexity index is 1080. The molecule has 5 nitrogen and oxygen atoms in total. The van der Waals surface area contributed by atoms with Crippen molar-refractivity contribution < 1.29 is 17.9 Å². The molecule has 0 atom stereocenters. The molecule has 0 saturated heterocycles. The van der Waals surface area contributed by atoms with Crippen molar-refractivity contribution in [2.75, 3.05) is 4.72 Å². The standard InChI is InChI=1S/C23H23NO4S/c1-17(2)19-13-11-18(12-14-19)16-28-23(25)20-7-6-8-21(15-20)24-29(26,27)22-9-4-3-5-10-22/h3-15,17,24H,16H2,1-2H3. The van der Waals surface area contributed by atoms with Gasteiger partial charge in [-0.2, -0.15) is 0 Å². The summed E-state index contributed by atoms with van der Waals surface area (Å²) in [4.78, 5) is 12.5. The topological polar surface area (TPSA) is 72.5 Å². The molecule has 0 fully saturated rings. The van der Waals surface area contributed by atoms with Gasteiger partial charge in [-0.25, -0.2) is 13.2 Å². The summed E-state index contributed by atoms with van der Waals surface area (Å²) < 4.78 is 32.7. The van der Waals surface area contributed by atoms with E-state index in [4.69, 9.17) is 4.74 Å². The third-order valence-corrected chi connectivity index (χ3v) is 5.82. The first-order valence-corrected chi connectivity index (χ1v) is 10.8. The van der Waals surface area contributed by atoms with E-state index in [1.807, 2.05) is 24.3 Å². The van der Waals surface area contributed by atoms with E-state index in [0.29, 0.717) is 11.6 Å². The summed E-state index contributed by atoms with van der Waals surface area (Å²) in [6.45, 7) is 4.39. The molecule has 29 heavy (non-hydrogen) atoms. The number of carbonyl (C=O) groups is 1. The third-order valence-electron chi connectivity index (χ3n) is 4.42. The van der Waals surface area contributed by atoms with E-state index in [1.165, 1.54) is 23.8 Å². The largest absolute Gasteiger partial charge is 0.457 e. The lowest BCUT2D eigenvalue weighted by molar-refractivity contribution is 0.0472. The first-order chi connectivity index (χ1) is 13.8.